The zero-order chi connectivity index (χ0) is 17.0. The molecule has 0 aromatic heterocycles. The van der Waals surface area contributed by atoms with E-state index in [0.717, 1.165) is 10.0 Å². The van der Waals surface area contributed by atoms with Gasteiger partial charge in [-0.3, -0.25) is 4.79 Å². The van der Waals surface area contributed by atoms with Gasteiger partial charge < -0.3 is 11.1 Å². The van der Waals surface area contributed by atoms with E-state index in [1.807, 2.05) is 31.2 Å². The summed E-state index contributed by atoms with van der Waals surface area (Å²) in [6.45, 7) is 1.89. The Morgan fingerprint density at radius 1 is 1.13 bits per heavy atom. The molecule has 23 heavy (non-hydrogen) atoms. The van der Waals surface area contributed by atoms with Gasteiger partial charge in [-0.15, -0.1) is 0 Å². The number of hydrogen-bond acceptors (Lipinski definition) is 3. The van der Waals surface area contributed by atoms with E-state index >= 15 is 0 Å². The maximum atomic E-state index is 12.3. The zero-order valence-electron chi connectivity index (χ0n) is 12.4. The van der Waals surface area contributed by atoms with Crippen LogP contribution in [0.2, 0.25) is 0 Å². The Labute approximate surface area is 148 Å². The highest BCUT2D eigenvalue weighted by atomic mass is 79.9. The molecular weight excluding hydrogens is 378 g/mol. The molecule has 5 nitrogen and oxygen atoms in total. The highest BCUT2D eigenvalue weighted by molar-refractivity contribution is 9.10. The number of carbonyl (C=O) groups excluding carboxylic acids is 2. The number of urea groups is 1. The topological polar surface area (TPSA) is 75.4 Å². The van der Waals surface area contributed by atoms with Gasteiger partial charge >= 0.3 is 6.03 Å². The van der Waals surface area contributed by atoms with E-state index in [0.29, 0.717) is 11.3 Å². The van der Waals surface area contributed by atoms with Gasteiger partial charge in [0.2, 0.25) is 5.91 Å². The van der Waals surface area contributed by atoms with Crippen molar-refractivity contribution in [3.63, 3.8) is 0 Å². The highest BCUT2D eigenvalue weighted by Gasteiger charge is 2.16. The molecule has 2 aromatic carbocycles. The van der Waals surface area contributed by atoms with E-state index in [1.165, 1.54) is 4.31 Å². The summed E-state index contributed by atoms with van der Waals surface area (Å²) in [7, 11) is 0. The molecule has 120 valence electrons. The number of hydrogen-bond donors (Lipinski definition) is 3. The number of nitrogens with one attached hydrogen (secondary N) is 1. The molecule has 1 atom stereocenters. The van der Waals surface area contributed by atoms with Crippen molar-refractivity contribution in [1.82, 2.24) is 5.32 Å². The second-order valence-electron chi connectivity index (χ2n) is 4.95. The maximum absolute atomic E-state index is 12.3. The minimum absolute atomic E-state index is 0.171. The summed E-state index contributed by atoms with van der Waals surface area (Å²) >= 11 is 7.58. The summed E-state index contributed by atoms with van der Waals surface area (Å²) in [5, 5.41) is 2.85. The van der Waals surface area contributed by atoms with Crippen LogP contribution in [0, 0.1) is 0 Å². The number of benzene rings is 2. The number of rotatable bonds is 4. The number of thiol groups is 1. The van der Waals surface area contributed by atoms with Crippen molar-refractivity contribution in [3.8, 4) is 0 Å². The van der Waals surface area contributed by atoms with Crippen molar-refractivity contribution in [2.45, 2.75) is 13.0 Å². The molecule has 0 unspecified atom stereocenters. The Morgan fingerprint density at radius 3 is 2.22 bits per heavy atom. The van der Waals surface area contributed by atoms with Crippen molar-refractivity contribution in [3.05, 3.63) is 64.1 Å². The summed E-state index contributed by atoms with van der Waals surface area (Å²) in [6, 6.07) is 13.5. The van der Waals surface area contributed by atoms with Crippen molar-refractivity contribution < 1.29 is 9.59 Å². The molecule has 0 aliphatic carbocycles. The number of amides is 3. The molecule has 2 rings (SSSR count). The molecule has 0 bridgehead atoms. The standard InChI is InChI=1S/C16H16BrN3O2S/c1-10(11-2-6-13(17)7-3-11)19-16(22)20(23)14-8-4-12(5-9-14)15(18)21/h2-10,23H,1H3,(H2,18,21)(H,19,22)/t10-/m0/s1. The number of halogens is 1. The van der Waals surface area contributed by atoms with Crippen LogP contribution in [0.5, 0.6) is 0 Å². The van der Waals surface area contributed by atoms with Crippen LogP contribution in [0.1, 0.15) is 28.9 Å². The minimum atomic E-state index is -0.518. The Morgan fingerprint density at radius 2 is 1.70 bits per heavy atom. The summed E-state index contributed by atoms with van der Waals surface area (Å²) in [5.41, 5.74) is 7.08. The third kappa shape index (κ3) is 4.49. The lowest BCUT2D eigenvalue weighted by Gasteiger charge is -2.20. The molecule has 0 aliphatic rings. The molecular formula is C16H16BrN3O2S. The van der Waals surface area contributed by atoms with Gasteiger partial charge in [-0.1, -0.05) is 40.9 Å². The van der Waals surface area contributed by atoms with E-state index in [1.54, 1.807) is 24.3 Å². The lowest BCUT2D eigenvalue weighted by molar-refractivity contribution is 0.100. The fraction of sp³-hybridized carbons (Fsp3) is 0.125. The largest absolute Gasteiger partial charge is 0.366 e. The molecule has 0 radical (unpaired) electrons. The van der Waals surface area contributed by atoms with Crippen molar-refractivity contribution in [2.24, 2.45) is 5.73 Å². The lowest BCUT2D eigenvalue weighted by Crippen LogP contribution is -2.35. The first-order valence-electron chi connectivity index (χ1n) is 6.83. The Balaban J connectivity index is 2.04. The van der Waals surface area contributed by atoms with Crippen LogP contribution >= 0.6 is 28.7 Å². The van der Waals surface area contributed by atoms with E-state index in [9.17, 15) is 9.59 Å². The van der Waals surface area contributed by atoms with Gasteiger partial charge in [0, 0.05) is 10.0 Å². The number of nitrogens with zero attached hydrogens (tertiary/aromatic N) is 1. The SMILES string of the molecule is C[C@H](NC(=O)N(S)c1ccc(C(N)=O)cc1)c1ccc(Br)cc1. The Kier molecular flexibility index (Phi) is 5.68. The average Bonchev–Trinajstić information content (AvgIpc) is 2.54. The van der Waals surface area contributed by atoms with Crippen LogP contribution in [0.25, 0.3) is 0 Å². The minimum Gasteiger partial charge on any atom is -0.366 e. The van der Waals surface area contributed by atoms with E-state index in [4.69, 9.17) is 5.73 Å². The predicted molar refractivity (Wildman–Crippen MR) is 97.5 cm³/mol. The molecule has 0 saturated heterocycles. The second kappa shape index (κ2) is 7.52. The molecule has 0 saturated carbocycles. The molecule has 0 heterocycles. The predicted octanol–water partition coefficient (Wildman–Crippen LogP) is 3.67. The van der Waals surface area contributed by atoms with E-state index in [2.05, 4.69) is 34.1 Å². The lowest BCUT2D eigenvalue weighted by atomic mass is 10.1. The van der Waals surface area contributed by atoms with Crippen LogP contribution in [0.15, 0.2) is 53.0 Å². The van der Waals surface area contributed by atoms with E-state index < -0.39 is 5.91 Å². The molecule has 7 heteroatoms. The van der Waals surface area contributed by atoms with Crippen LogP contribution < -0.4 is 15.4 Å². The van der Waals surface area contributed by atoms with Gasteiger partial charge in [-0.25, -0.2) is 9.10 Å². The zero-order valence-corrected chi connectivity index (χ0v) is 14.8. The normalized spacial score (nSPS) is 11.6. The van der Waals surface area contributed by atoms with Crippen molar-refractivity contribution in [2.75, 3.05) is 4.31 Å². The summed E-state index contributed by atoms with van der Waals surface area (Å²) in [4.78, 5) is 23.3. The van der Waals surface area contributed by atoms with Crippen LogP contribution in [-0.4, -0.2) is 11.9 Å². The van der Waals surface area contributed by atoms with Gasteiger partial charge in [0.1, 0.15) is 0 Å². The Hall–Kier alpha value is -1.99. The summed E-state index contributed by atoms with van der Waals surface area (Å²) in [6.07, 6.45) is 0. The fourth-order valence-corrected chi connectivity index (χ4v) is 2.42. The number of anilines is 1. The van der Waals surface area contributed by atoms with Gasteiger partial charge in [-0.2, -0.15) is 0 Å². The van der Waals surface area contributed by atoms with Gasteiger partial charge in [0.05, 0.1) is 11.7 Å². The second-order valence-corrected chi connectivity index (χ2v) is 6.26. The van der Waals surface area contributed by atoms with Gasteiger partial charge in [0.25, 0.3) is 0 Å². The first kappa shape index (κ1) is 17.4. The molecule has 2 aromatic rings. The first-order chi connectivity index (χ1) is 10.9. The van der Waals surface area contributed by atoms with Crippen molar-refractivity contribution >= 4 is 46.4 Å². The molecule has 3 amide bonds. The molecule has 0 fully saturated rings. The number of nitrogens with two attached hydrogens (primary N) is 1. The third-order valence-electron chi connectivity index (χ3n) is 3.30. The first-order valence-corrected chi connectivity index (χ1v) is 8.02. The Bertz CT molecular complexity index is 704. The van der Waals surface area contributed by atoms with Crippen molar-refractivity contribution in [1.29, 1.82) is 0 Å². The highest BCUT2D eigenvalue weighted by Crippen LogP contribution is 2.20. The fourth-order valence-electron chi connectivity index (χ4n) is 1.97. The maximum Gasteiger partial charge on any atom is 0.332 e. The molecule has 3 N–H and O–H groups in total. The molecule has 0 aliphatic heterocycles. The smallest absolute Gasteiger partial charge is 0.332 e. The third-order valence-corrected chi connectivity index (χ3v) is 4.24. The van der Waals surface area contributed by atoms with Crippen LogP contribution in [-0.2, 0) is 0 Å². The van der Waals surface area contributed by atoms with Gasteiger partial charge in [0.15, 0.2) is 0 Å². The quantitative estimate of drug-likeness (QED) is 0.693. The van der Waals surface area contributed by atoms with Crippen LogP contribution in [0.4, 0.5) is 10.5 Å². The molecule has 0 spiro atoms. The van der Waals surface area contributed by atoms with E-state index in [-0.39, 0.29) is 12.1 Å². The summed E-state index contributed by atoms with van der Waals surface area (Å²) in [5.74, 6) is -0.518. The summed E-state index contributed by atoms with van der Waals surface area (Å²) < 4.78 is 2.16. The van der Waals surface area contributed by atoms with Crippen LogP contribution in [0.3, 0.4) is 0 Å². The monoisotopic (exact) mass is 393 g/mol. The number of carbonyl (C=O) groups is 2. The van der Waals surface area contributed by atoms with Gasteiger partial charge in [-0.05, 0) is 48.9 Å². The number of primary amides is 1. The average molecular weight is 394 g/mol.